The van der Waals surface area contributed by atoms with Crippen LogP contribution in [0.1, 0.15) is 17.2 Å². The first-order chi connectivity index (χ1) is 6.32. The van der Waals surface area contributed by atoms with Crippen molar-refractivity contribution in [3.05, 3.63) is 23.4 Å². The lowest BCUT2D eigenvalue weighted by atomic mass is 10.1. The Bertz CT molecular complexity index is 338. The number of pyridine rings is 1. The first-order valence-corrected chi connectivity index (χ1v) is 3.79. The summed E-state index contributed by atoms with van der Waals surface area (Å²) in [6, 6.07) is 1.17. The molecular weight excluding hydrogens is 197 g/mol. The molecule has 3 N–H and O–H groups in total. The highest BCUT2D eigenvalue weighted by Gasteiger charge is 2.40. The number of rotatable bonds is 1. The molecule has 78 valence electrons. The first kappa shape index (κ1) is 10.8. The zero-order valence-corrected chi connectivity index (χ0v) is 7.34. The van der Waals surface area contributed by atoms with Gasteiger partial charge in [-0.1, -0.05) is 0 Å². The van der Waals surface area contributed by atoms with Gasteiger partial charge in [-0.15, -0.1) is 0 Å². The molecule has 0 amide bonds. The maximum atomic E-state index is 12.1. The van der Waals surface area contributed by atoms with Gasteiger partial charge in [0.15, 0.2) is 6.10 Å². The van der Waals surface area contributed by atoms with Gasteiger partial charge in [-0.3, -0.25) is 0 Å². The third kappa shape index (κ3) is 2.14. The second-order valence-corrected chi connectivity index (χ2v) is 2.93. The van der Waals surface area contributed by atoms with Crippen LogP contribution in [-0.4, -0.2) is 16.3 Å². The molecule has 0 radical (unpaired) electrons. The predicted molar refractivity (Wildman–Crippen MR) is 44.4 cm³/mol. The summed E-state index contributed by atoms with van der Waals surface area (Å²) in [5.41, 5.74) is 5.32. The lowest BCUT2D eigenvalue weighted by Gasteiger charge is -2.16. The minimum Gasteiger partial charge on any atom is -0.383 e. The van der Waals surface area contributed by atoms with Gasteiger partial charge in [0.25, 0.3) is 0 Å². The summed E-state index contributed by atoms with van der Waals surface area (Å²) >= 11 is 0. The standard InChI is InChI=1S/C8H9F3N2O/c1-4-2-5(7(12)13-3-4)6(14)8(9,10)11/h2-3,6,14H,1H3,(H2,12,13)/t6-/m0/s1. The van der Waals surface area contributed by atoms with Gasteiger partial charge in [0.1, 0.15) is 5.82 Å². The highest BCUT2D eigenvalue weighted by Crippen LogP contribution is 2.34. The van der Waals surface area contributed by atoms with E-state index in [1.807, 2.05) is 0 Å². The fourth-order valence-corrected chi connectivity index (χ4v) is 0.998. The van der Waals surface area contributed by atoms with Gasteiger partial charge >= 0.3 is 6.18 Å². The van der Waals surface area contributed by atoms with E-state index in [1.54, 1.807) is 6.92 Å². The van der Waals surface area contributed by atoms with E-state index in [0.717, 1.165) is 0 Å². The van der Waals surface area contributed by atoms with E-state index in [0.29, 0.717) is 5.56 Å². The minimum absolute atomic E-state index is 0.305. The summed E-state index contributed by atoms with van der Waals surface area (Å²) in [6.07, 6.45) is -5.96. The molecular formula is C8H9F3N2O. The van der Waals surface area contributed by atoms with E-state index in [1.165, 1.54) is 12.3 Å². The van der Waals surface area contributed by atoms with Crippen LogP contribution in [0.3, 0.4) is 0 Å². The van der Waals surface area contributed by atoms with Crippen LogP contribution in [0, 0.1) is 6.92 Å². The van der Waals surface area contributed by atoms with Gasteiger partial charge in [-0.25, -0.2) is 4.98 Å². The van der Waals surface area contributed by atoms with Crippen LogP contribution in [0.25, 0.3) is 0 Å². The predicted octanol–water partition coefficient (Wildman–Crippen LogP) is 1.57. The molecule has 0 spiro atoms. The molecule has 3 nitrogen and oxygen atoms in total. The van der Waals surface area contributed by atoms with E-state index >= 15 is 0 Å². The van der Waals surface area contributed by atoms with E-state index in [4.69, 9.17) is 10.8 Å². The number of alkyl halides is 3. The molecule has 0 saturated heterocycles. The van der Waals surface area contributed by atoms with E-state index in [-0.39, 0.29) is 5.82 Å². The van der Waals surface area contributed by atoms with Crippen molar-refractivity contribution >= 4 is 5.82 Å². The molecule has 1 atom stereocenters. The SMILES string of the molecule is Cc1cnc(N)c([C@H](O)C(F)(F)F)c1. The number of hydrogen-bond acceptors (Lipinski definition) is 3. The number of nitrogen functional groups attached to an aromatic ring is 1. The third-order valence-corrected chi connectivity index (χ3v) is 1.69. The molecule has 6 heteroatoms. The Labute approximate surface area is 78.4 Å². The smallest absolute Gasteiger partial charge is 0.383 e. The van der Waals surface area contributed by atoms with E-state index in [9.17, 15) is 13.2 Å². The first-order valence-electron chi connectivity index (χ1n) is 3.79. The molecule has 1 aromatic rings. The highest BCUT2D eigenvalue weighted by molar-refractivity contribution is 5.42. The van der Waals surface area contributed by atoms with Crippen molar-refractivity contribution in [2.24, 2.45) is 0 Å². The lowest BCUT2D eigenvalue weighted by Crippen LogP contribution is -2.21. The van der Waals surface area contributed by atoms with Crippen molar-refractivity contribution in [3.63, 3.8) is 0 Å². The summed E-state index contributed by atoms with van der Waals surface area (Å²) < 4.78 is 36.3. The average molecular weight is 206 g/mol. The number of aromatic nitrogens is 1. The minimum atomic E-state index is -4.72. The summed E-state index contributed by atoms with van der Waals surface area (Å²) in [5.74, 6) is -0.305. The number of aliphatic hydroxyl groups excluding tert-OH is 1. The van der Waals surface area contributed by atoms with Crippen molar-refractivity contribution in [3.8, 4) is 0 Å². The highest BCUT2D eigenvalue weighted by atomic mass is 19.4. The number of nitrogens with zero attached hydrogens (tertiary/aromatic N) is 1. The van der Waals surface area contributed by atoms with Crippen LogP contribution in [-0.2, 0) is 0 Å². The van der Waals surface area contributed by atoms with Gasteiger partial charge in [0.05, 0.1) is 0 Å². The van der Waals surface area contributed by atoms with Crippen LogP contribution in [0.15, 0.2) is 12.3 Å². The molecule has 1 aromatic heterocycles. The van der Waals surface area contributed by atoms with Crippen LogP contribution < -0.4 is 5.73 Å². The summed E-state index contributed by atoms with van der Waals surface area (Å²) in [7, 11) is 0. The molecule has 0 unspecified atom stereocenters. The molecule has 14 heavy (non-hydrogen) atoms. The molecule has 0 fully saturated rings. The van der Waals surface area contributed by atoms with E-state index in [2.05, 4.69) is 4.98 Å². The number of aryl methyl sites for hydroxylation is 1. The van der Waals surface area contributed by atoms with Crippen molar-refractivity contribution in [1.29, 1.82) is 0 Å². The summed E-state index contributed by atoms with van der Waals surface area (Å²) in [4.78, 5) is 3.53. The monoisotopic (exact) mass is 206 g/mol. The topological polar surface area (TPSA) is 59.1 Å². The summed E-state index contributed by atoms with van der Waals surface area (Å²) in [6.45, 7) is 1.57. The number of halogens is 3. The molecule has 0 aliphatic heterocycles. The van der Waals surface area contributed by atoms with Gasteiger partial charge in [0, 0.05) is 11.8 Å². The molecule has 1 heterocycles. The van der Waals surface area contributed by atoms with E-state index < -0.39 is 17.8 Å². The second-order valence-electron chi connectivity index (χ2n) is 2.93. The van der Waals surface area contributed by atoms with Crippen LogP contribution in [0.5, 0.6) is 0 Å². The Kier molecular flexibility index (Phi) is 2.66. The Hall–Kier alpha value is -1.30. The Morgan fingerprint density at radius 2 is 2.07 bits per heavy atom. The molecule has 0 aromatic carbocycles. The van der Waals surface area contributed by atoms with Gasteiger partial charge in [-0.05, 0) is 18.6 Å². The largest absolute Gasteiger partial charge is 0.418 e. The number of nitrogens with two attached hydrogens (primary N) is 1. The Morgan fingerprint density at radius 1 is 1.50 bits per heavy atom. The van der Waals surface area contributed by atoms with Crippen molar-refractivity contribution < 1.29 is 18.3 Å². The quantitative estimate of drug-likeness (QED) is 0.733. The average Bonchev–Trinajstić information content (AvgIpc) is 2.06. The zero-order valence-electron chi connectivity index (χ0n) is 7.34. The fourth-order valence-electron chi connectivity index (χ4n) is 0.998. The normalized spacial score (nSPS) is 14.1. The fraction of sp³-hybridized carbons (Fsp3) is 0.375. The summed E-state index contributed by atoms with van der Waals surface area (Å²) in [5, 5.41) is 8.92. The molecule has 1 rings (SSSR count). The zero-order chi connectivity index (χ0) is 10.9. The molecule has 0 saturated carbocycles. The second kappa shape index (κ2) is 3.45. The van der Waals surface area contributed by atoms with Crippen LogP contribution in [0.2, 0.25) is 0 Å². The number of aliphatic hydroxyl groups is 1. The van der Waals surface area contributed by atoms with Crippen LogP contribution in [0.4, 0.5) is 19.0 Å². The maximum absolute atomic E-state index is 12.1. The number of anilines is 1. The van der Waals surface area contributed by atoms with Gasteiger partial charge in [0.2, 0.25) is 0 Å². The Balaban J connectivity index is 3.12. The number of hydrogen-bond donors (Lipinski definition) is 2. The van der Waals surface area contributed by atoms with Gasteiger partial charge in [-0.2, -0.15) is 13.2 Å². The van der Waals surface area contributed by atoms with Crippen molar-refractivity contribution in [2.45, 2.75) is 19.2 Å². The lowest BCUT2D eigenvalue weighted by molar-refractivity contribution is -0.206. The third-order valence-electron chi connectivity index (χ3n) is 1.69. The molecule has 0 bridgehead atoms. The molecule has 0 aliphatic carbocycles. The van der Waals surface area contributed by atoms with Crippen molar-refractivity contribution in [2.75, 3.05) is 5.73 Å². The van der Waals surface area contributed by atoms with Gasteiger partial charge < -0.3 is 10.8 Å². The van der Waals surface area contributed by atoms with Crippen LogP contribution >= 0.6 is 0 Å². The molecule has 0 aliphatic rings. The van der Waals surface area contributed by atoms with Crippen molar-refractivity contribution in [1.82, 2.24) is 4.98 Å². The Morgan fingerprint density at radius 3 is 2.57 bits per heavy atom. The maximum Gasteiger partial charge on any atom is 0.418 e.